The van der Waals surface area contributed by atoms with Crippen molar-refractivity contribution < 1.29 is 9.47 Å². The lowest BCUT2D eigenvalue weighted by Gasteiger charge is -2.26. The van der Waals surface area contributed by atoms with Gasteiger partial charge in [-0.25, -0.2) is 0 Å². The summed E-state index contributed by atoms with van der Waals surface area (Å²) in [6, 6.07) is 8.61. The van der Waals surface area contributed by atoms with Gasteiger partial charge in [-0.1, -0.05) is 13.0 Å². The molecule has 31 heavy (non-hydrogen) atoms. The molecule has 8 heteroatoms. The van der Waals surface area contributed by atoms with E-state index in [0.717, 1.165) is 62.8 Å². The molecule has 1 aliphatic rings. The number of fused-ring (bicyclic) bond motifs is 1. The van der Waals surface area contributed by atoms with Crippen LogP contribution < -0.4 is 15.4 Å². The normalized spacial score (nSPS) is 14.7. The van der Waals surface area contributed by atoms with E-state index in [1.165, 1.54) is 16.6 Å². The molecule has 0 spiro atoms. The second kappa shape index (κ2) is 9.98. The van der Waals surface area contributed by atoms with Crippen LogP contribution in [0.2, 0.25) is 0 Å². The van der Waals surface area contributed by atoms with E-state index < -0.39 is 0 Å². The number of nitrogens with one attached hydrogen (secondary N) is 3. The minimum Gasteiger partial charge on any atom is -0.462 e. The lowest BCUT2D eigenvalue weighted by Crippen LogP contribution is -2.38. The maximum absolute atomic E-state index is 5.91. The molecule has 0 amide bonds. The van der Waals surface area contributed by atoms with Gasteiger partial charge in [0.15, 0.2) is 0 Å². The number of ether oxygens (including phenoxy) is 2. The Morgan fingerprint density at radius 1 is 1.13 bits per heavy atom. The lowest BCUT2D eigenvalue weighted by molar-refractivity contribution is 0.0317. The van der Waals surface area contributed by atoms with Crippen LogP contribution in [0, 0.1) is 13.8 Å². The van der Waals surface area contributed by atoms with Crippen molar-refractivity contribution in [3.63, 3.8) is 0 Å². The minimum absolute atomic E-state index is 0.379. The third-order valence-corrected chi connectivity index (χ3v) is 5.58. The summed E-state index contributed by atoms with van der Waals surface area (Å²) in [6.07, 6.45) is 1.02. The molecule has 0 bridgehead atoms. The highest BCUT2D eigenvalue weighted by molar-refractivity contribution is 5.87. The highest BCUT2D eigenvalue weighted by atomic mass is 16.5. The number of hydrogen-bond donors (Lipinski definition) is 3. The maximum Gasteiger partial charge on any atom is 0.320 e. The van der Waals surface area contributed by atoms with Gasteiger partial charge in [-0.3, -0.25) is 4.90 Å². The Morgan fingerprint density at radius 2 is 1.94 bits per heavy atom. The largest absolute Gasteiger partial charge is 0.462 e. The van der Waals surface area contributed by atoms with Crippen LogP contribution in [0.5, 0.6) is 6.01 Å². The van der Waals surface area contributed by atoms with E-state index in [9.17, 15) is 0 Å². The summed E-state index contributed by atoms with van der Waals surface area (Å²) in [5.41, 5.74) is 4.55. The number of hydrogen-bond acceptors (Lipinski definition) is 7. The number of benzene rings is 1. The Kier molecular flexibility index (Phi) is 6.89. The van der Waals surface area contributed by atoms with E-state index in [0.29, 0.717) is 18.4 Å². The second-order valence-electron chi connectivity index (χ2n) is 7.91. The van der Waals surface area contributed by atoms with Crippen LogP contribution in [0.15, 0.2) is 24.3 Å². The standard InChI is InChI=1S/C23H32N6O2/c1-4-7-24-21-15-22(26-18-5-6-19-16(2)17(3)25-20(19)14-18)28-23(27-21)31-13-10-29-8-11-30-12-9-29/h5-6,14-15,25H,4,7-13H2,1-3H3,(H2,24,26,27,28). The van der Waals surface area contributed by atoms with Crippen molar-refractivity contribution in [3.8, 4) is 6.01 Å². The first-order valence-corrected chi connectivity index (χ1v) is 11.0. The monoisotopic (exact) mass is 424 g/mol. The number of aromatic amines is 1. The van der Waals surface area contributed by atoms with Crippen molar-refractivity contribution in [1.82, 2.24) is 19.9 Å². The topological polar surface area (TPSA) is 87.3 Å². The van der Waals surface area contributed by atoms with Crippen LogP contribution in [-0.2, 0) is 4.74 Å². The van der Waals surface area contributed by atoms with E-state index >= 15 is 0 Å². The number of rotatable bonds is 9. The Hall–Kier alpha value is -2.84. The van der Waals surface area contributed by atoms with Gasteiger partial charge in [-0.15, -0.1) is 0 Å². The molecule has 3 N–H and O–H groups in total. The molecule has 0 saturated carbocycles. The number of aryl methyl sites for hydroxylation is 2. The fraction of sp³-hybridized carbons (Fsp3) is 0.478. The van der Waals surface area contributed by atoms with Gasteiger partial charge in [0.05, 0.1) is 13.2 Å². The number of aromatic nitrogens is 3. The van der Waals surface area contributed by atoms with E-state index in [2.05, 4.69) is 69.5 Å². The molecule has 1 saturated heterocycles. The van der Waals surface area contributed by atoms with Crippen LogP contribution in [0.1, 0.15) is 24.6 Å². The maximum atomic E-state index is 5.91. The fourth-order valence-electron chi connectivity index (χ4n) is 3.69. The van der Waals surface area contributed by atoms with Crippen LogP contribution in [0.4, 0.5) is 17.3 Å². The molecule has 3 aromatic rings. The van der Waals surface area contributed by atoms with Crippen molar-refractivity contribution >= 4 is 28.2 Å². The molecular weight excluding hydrogens is 392 g/mol. The zero-order valence-electron chi connectivity index (χ0n) is 18.6. The Bertz CT molecular complexity index is 1010. The van der Waals surface area contributed by atoms with Gasteiger partial charge in [-0.05, 0) is 38.0 Å². The summed E-state index contributed by atoms with van der Waals surface area (Å²) in [5, 5.41) is 7.98. The summed E-state index contributed by atoms with van der Waals surface area (Å²) < 4.78 is 11.3. The minimum atomic E-state index is 0.379. The number of H-pyrrole nitrogens is 1. The fourth-order valence-corrected chi connectivity index (χ4v) is 3.69. The van der Waals surface area contributed by atoms with Gasteiger partial charge in [0.1, 0.15) is 18.2 Å². The van der Waals surface area contributed by atoms with E-state index in [1.54, 1.807) is 0 Å². The molecule has 1 aliphatic heterocycles. The Balaban J connectivity index is 1.48. The zero-order chi connectivity index (χ0) is 21.6. The summed E-state index contributed by atoms with van der Waals surface area (Å²) in [5.74, 6) is 1.46. The number of morpholine rings is 1. The van der Waals surface area contributed by atoms with Crippen LogP contribution in [0.25, 0.3) is 10.9 Å². The van der Waals surface area contributed by atoms with Crippen molar-refractivity contribution in [2.24, 2.45) is 0 Å². The molecule has 0 aliphatic carbocycles. The highest BCUT2D eigenvalue weighted by Crippen LogP contribution is 2.26. The third kappa shape index (κ3) is 5.45. The first-order valence-electron chi connectivity index (χ1n) is 11.0. The zero-order valence-corrected chi connectivity index (χ0v) is 18.6. The van der Waals surface area contributed by atoms with E-state index in [-0.39, 0.29) is 0 Å². The first-order chi connectivity index (χ1) is 15.1. The molecule has 4 rings (SSSR count). The van der Waals surface area contributed by atoms with Gasteiger partial charge in [0.2, 0.25) is 0 Å². The quantitative estimate of drug-likeness (QED) is 0.481. The average molecular weight is 425 g/mol. The van der Waals surface area contributed by atoms with Gasteiger partial charge in [0, 0.05) is 54.5 Å². The smallest absolute Gasteiger partial charge is 0.320 e. The predicted octanol–water partition coefficient (Wildman–Crippen LogP) is 3.85. The van der Waals surface area contributed by atoms with Gasteiger partial charge < -0.3 is 25.1 Å². The molecule has 2 aromatic heterocycles. The number of anilines is 3. The van der Waals surface area contributed by atoms with Crippen molar-refractivity contribution in [1.29, 1.82) is 0 Å². The molecular formula is C23H32N6O2. The van der Waals surface area contributed by atoms with Gasteiger partial charge in [0.25, 0.3) is 0 Å². The molecule has 8 nitrogen and oxygen atoms in total. The Labute approximate surface area is 183 Å². The molecule has 0 unspecified atom stereocenters. The van der Waals surface area contributed by atoms with Gasteiger partial charge in [-0.2, -0.15) is 9.97 Å². The number of nitrogens with zero attached hydrogens (tertiary/aromatic N) is 3. The SMILES string of the molecule is CCCNc1cc(Nc2ccc3c(C)c(C)[nH]c3c2)nc(OCCN2CCOCC2)n1. The van der Waals surface area contributed by atoms with Crippen LogP contribution >= 0.6 is 0 Å². The molecule has 1 fully saturated rings. The Morgan fingerprint density at radius 3 is 2.74 bits per heavy atom. The van der Waals surface area contributed by atoms with Crippen LogP contribution in [0.3, 0.4) is 0 Å². The van der Waals surface area contributed by atoms with E-state index in [4.69, 9.17) is 9.47 Å². The lowest BCUT2D eigenvalue weighted by atomic mass is 10.1. The molecule has 0 atom stereocenters. The summed E-state index contributed by atoms with van der Waals surface area (Å²) in [7, 11) is 0. The van der Waals surface area contributed by atoms with Gasteiger partial charge >= 0.3 is 6.01 Å². The summed E-state index contributed by atoms with van der Waals surface area (Å²) >= 11 is 0. The van der Waals surface area contributed by atoms with Crippen molar-refractivity contribution in [2.75, 3.05) is 56.6 Å². The van der Waals surface area contributed by atoms with Crippen molar-refractivity contribution in [3.05, 3.63) is 35.5 Å². The van der Waals surface area contributed by atoms with Crippen molar-refractivity contribution in [2.45, 2.75) is 27.2 Å². The van der Waals surface area contributed by atoms with E-state index in [1.807, 2.05) is 6.07 Å². The molecule has 3 heterocycles. The third-order valence-electron chi connectivity index (χ3n) is 5.58. The predicted molar refractivity (Wildman–Crippen MR) is 125 cm³/mol. The highest BCUT2D eigenvalue weighted by Gasteiger charge is 2.12. The summed E-state index contributed by atoms with van der Waals surface area (Å²) in [4.78, 5) is 14.9. The summed E-state index contributed by atoms with van der Waals surface area (Å²) in [6.45, 7) is 12.0. The molecule has 1 aromatic carbocycles. The molecule has 166 valence electrons. The first kappa shape index (κ1) is 21.4. The van der Waals surface area contributed by atoms with Crippen LogP contribution in [-0.4, -0.2) is 65.9 Å². The second-order valence-corrected chi connectivity index (χ2v) is 7.91. The molecule has 0 radical (unpaired) electrons. The average Bonchev–Trinajstić information content (AvgIpc) is 3.06.